The molecular formula is C10H16N4O2. The normalized spacial score (nSPS) is 23.9. The molecule has 0 spiro atoms. The molecule has 1 aliphatic rings. The van der Waals surface area contributed by atoms with Crippen molar-refractivity contribution in [2.24, 2.45) is 7.05 Å². The topological polar surface area (TPSA) is 60.2 Å². The molecular weight excluding hydrogens is 208 g/mol. The number of carbonyl (C=O) groups is 1. The number of aromatic nitrogens is 3. The maximum Gasteiger partial charge on any atom is 0.276 e. The van der Waals surface area contributed by atoms with Crippen molar-refractivity contribution in [3.8, 4) is 0 Å². The molecule has 0 atom stereocenters. The summed E-state index contributed by atoms with van der Waals surface area (Å²) in [5.41, 5.74) is 0.394. The van der Waals surface area contributed by atoms with Crippen molar-refractivity contribution in [3.63, 3.8) is 0 Å². The van der Waals surface area contributed by atoms with E-state index in [1.165, 1.54) is 4.68 Å². The van der Waals surface area contributed by atoms with Gasteiger partial charge in [-0.05, 0) is 12.8 Å². The number of ether oxygens (including phenoxy) is 1. The Kier molecular flexibility index (Phi) is 2.91. The summed E-state index contributed by atoms with van der Waals surface area (Å²) in [6.45, 7) is 0. The molecule has 0 N–H and O–H groups in total. The Morgan fingerprint density at radius 2 is 2.31 bits per heavy atom. The predicted molar refractivity (Wildman–Crippen MR) is 56.9 cm³/mol. The van der Waals surface area contributed by atoms with Gasteiger partial charge in [0.25, 0.3) is 5.91 Å². The van der Waals surface area contributed by atoms with Crippen LogP contribution in [0.1, 0.15) is 23.3 Å². The zero-order chi connectivity index (χ0) is 11.7. The quantitative estimate of drug-likeness (QED) is 0.728. The van der Waals surface area contributed by atoms with Gasteiger partial charge in [0.2, 0.25) is 0 Å². The van der Waals surface area contributed by atoms with E-state index in [1.54, 1.807) is 32.3 Å². The van der Waals surface area contributed by atoms with E-state index >= 15 is 0 Å². The molecule has 1 heterocycles. The lowest BCUT2D eigenvalue weighted by Crippen LogP contribution is -2.48. The summed E-state index contributed by atoms with van der Waals surface area (Å²) < 4.78 is 6.71. The van der Waals surface area contributed by atoms with Crippen LogP contribution in [0.5, 0.6) is 0 Å². The number of aryl methyl sites for hydroxylation is 1. The first kappa shape index (κ1) is 11.1. The molecule has 6 heteroatoms. The van der Waals surface area contributed by atoms with Crippen LogP contribution in [0.15, 0.2) is 6.20 Å². The van der Waals surface area contributed by atoms with Gasteiger partial charge in [-0.2, -0.15) is 0 Å². The van der Waals surface area contributed by atoms with Crippen LogP contribution >= 0.6 is 0 Å². The molecule has 0 radical (unpaired) electrons. The Labute approximate surface area is 94.2 Å². The monoisotopic (exact) mass is 224 g/mol. The van der Waals surface area contributed by atoms with Crippen molar-refractivity contribution in [1.29, 1.82) is 0 Å². The summed E-state index contributed by atoms with van der Waals surface area (Å²) in [4.78, 5) is 13.7. The van der Waals surface area contributed by atoms with Crippen molar-refractivity contribution in [2.45, 2.75) is 25.0 Å². The number of carbonyl (C=O) groups excluding carboxylic acids is 1. The van der Waals surface area contributed by atoms with Crippen LogP contribution in [-0.4, -0.2) is 52.1 Å². The predicted octanol–water partition coefficient (Wildman–Crippen LogP) is 0.0645. The van der Waals surface area contributed by atoms with Crippen molar-refractivity contribution < 1.29 is 9.53 Å². The summed E-state index contributed by atoms with van der Waals surface area (Å²) in [6, 6.07) is 0.263. The Balaban J connectivity index is 1.95. The Morgan fingerprint density at radius 3 is 2.81 bits per heavy atom. The van der Waals surface area contributed by atoms with E-state index < -0.39 is 0 Å². The molecule has 6 nitrogen and oxygen atoms in total. The van der Waals surface area contributed by atoms with Crippen LogP contribution in [0, 0.1) is 0 Å². The van der Waals surface area contributed by atoms with Gasteiger partial charge in [0, 0.05) is 27.2 Å². The second kappa shape index (κ2) is 4.21. The highest BCUT2D eigenvalue weighted by Gasteiger charge is 2.35. The molecule has 1 aliphatic carbocycles. The number of hydrogen-bond acceptors (Lipinski definition) is 4. The van der Waals surface area contributed by atoms with Gasteiger partial charge in [0.15, 0.2) is 5.69 Å². The highest BCUT2D eigenvalue weighted by molar-refractivity contribution is 5.92. The SMILES string of the molecule is COC1CC(N(C)C(=O)c2cn(C)nn2)C1. The minimum Gasteiger partial charge on any atom is -0.381 e. The van der Waals surface area contributed by atoms with E-state index in [-0.39, 0.29) is 11.9 Å². The van der Waals surface area contributed by atoms with Crippen molar-refractivity contribution >= 4 is 5.91 Å². The van der Waals surface area contributed by atoms with E-state index in [0.717, 1.165) is 12.8 Å². The number of nitrogens with zero attached hydrogens (tertiary/aromatic N) is 4. The number of rotatable bonds is 3. The van der Waals surface area contributed by atoms with Gasteiger partial charge in [0.05, 0.1) is 12.3 Å². The van der Waals surface area contributed by atoms with Crippen LogP contribution in [0.25, 0.3) is 0 Å². The van der Waals surface area contributed by atoms with Crippen LogP contribution in [0.2, 0.25) is 0 Å². The van der Waals surface area contributed by atoms with Crippen molar-refractivity contribution in [3.05, 3.63) is 11.9 Å². The van der Waals surface area contributed by atoms with Gasteiger partial charge in [0.1, 0.15) is 0 Å². The first-order chi connectivity index (χ1) is 7.61. The van der Waals surface area contributed by atoms with E-state index in [1.807, 2.05) is 0 Å². The van der Waals surface area contributed by atoms with E-state index in [0.29, 0.717) is 11.8 Å². The van der Waals surface area contributed by atoms with Crippen LogP contribution in [0.4, 0.5) is 0 Å². The van der Waals surface area contributed by atoms with E-state index in [4.69, 9.17) is 4.74 Å². The summed E-state index contributed by atoms with van der Waals surface area (Å²) >= 11 is 0. The molecule has 16 heavy (non-hydrogen) atoms. The Morgan fingerprint density at radius 1 is 1.62 bits per heavy atom. The lowest BCUT2D eigenvalue weighted by molar-refractivity contribution is -0.0146. The molecule has 0 bridgehead atoms. The molecule has 1 fully saturated rings. The second-order valence-corrected chi connectivity index (χ2v) is 4.18. The molecule has 0 unspecified atom stereocenters. The maximum absolute atomic E-state index is 12.0. The van der Waals surface area contributed by atoms with Crippen LogP contribution < -0.4 is 0 Å². The molecule has 1 aromatic heterocycles. The van der Waals surface area contributed by atoms with Crippen LogP contribution in [-0.2, 0) is 11.8 Å². The van der Waals surface area contributed by atoms with Gasteiger partial charge in [-0.15, -0.1) is 5.10 Å². The number of amides is 1. The molecule has 1 saturated carbocycles. The Bertz CT molecular complexity index is 384. The molecule has 1 aromatic rings. The van der Waals surface area contributed by atoms with Gasteiger partial charge >= 0.3 is 0 Å². The Hall–Kier alpha value is -1.43. The molecule has 88 valence electrons. The fraction of sp³-hybridized carbons (Fsp3) is 0.700. The van der Waals surface area contributed by atoms with E-state index in [9.17, 15) is 4.79 Å². The fourth-order valence-electron chi connectivity index (χ4n) is 1.84. The lowest BCUT2D eigenvalue weighted by atomic mass is 9.88. The smallest absolute Gasteiger partial charge is 0.276 e. The highest BCUT2D eigenvalue weighted by Crippen LogP contribution is 2.27. The third-order valence-electron chi connectivity index (χ3n) is 3.09. The highest BCUT2D eigenvalue weighted by atomic mass is 16.5. The minimum absolute atomic E-state index is 0.0762. The summed E-state index contributed by atoms with van der Waals surface area (Å²) in [6.07, 6.45) is 3.73. The zero-order valence-electron chi connectivity index (χ0n) is 9.75. The molecule has 0 saturated heterocycles. The first-order valence-corrected chi connectivity index (χ1v) is 5.28. The average Bonchev–Trinajstić information content (AvgIpc) is 2.62. The second-order valence-electron chi connectivity index (χ2n) is 4.18. The van der Waals surface area contributed by atoms with E-state index in [2.05, 4.69) is 10.3 Å². The number of hydrogen-bond donors (Lipinski definition) is 0. The minimum atomic E-state index is -0.0762. The van der Waals surface area contributed by atoms with Crippen molar-refractivity contribution in [2.75, 3.05) is 14.2 Å². The summed E-state index contributed by atoms with van der Waals surface area (Å²) in [5, 5.41) is 7.56. The molecule has 0 aliphatic heterocycles. The largest absolute Gasteiger partial charge is 0.381 e. The van der Waals surface area contributed by atoms with Gasteiger partial charge in [-0.3, -0.25) is 9.48 Å². The molecule has 0 aromatic carbocycles. The molecule has 1 amide bonds. The van der Waals surface area contributed by atoms with Crippen molar-refractivity contribution in [1.82, 2.24) is 19.9 Å². The average molecular weight is 224 g/mol. The third kappa shape index (κ3) is 1.92. The maximum atomic E-state index is 12.0. The first-order valence-electron chi connectivity index (χ1n) is 5.28. The van der Waals surface area contributed by atoms with Gasteiger partial charge in [-0.25, -0.2) is 0 Å². The summed E-state index contributed by atoms with van der Waals surface area (Å²) in [5.74, 6) is -0.0762. The lowest BCUT2D eigenvalue weighted by Gasteiger charge is -2.39. The van der Waals surface area contributed by atoms with Gasteiger partial charge < -0.3 is 9.64 Å². The third-order valence-corrected chi connectivity index (χ3v) is 3.09. The zero-order valence-corrected chi connectivity index (χ0v) is 9.75. The number of methoxy groups -OCH3 is 1. The van der Waals surface area contributed by atoms with Crippen LogP contribution in [0.3, 0.4) is 0 Å². The summed E-state index contributed by atoms with van der Waals surface area (Å²) in [7, 11) is 5.24. The molecule has 2 rings (SSSR count). The fourth-order valence-corrected chi connectivity index (χ4v) is 1.84. The standard InChI is InChI=1S/C10H16N4O2/c1-13-6-9(11-12-13)10(15)14(2)7-4-8(5-7)16-3/h6-8H,4-5H2,1-3H3. The van der Waals surface area contributed by atoms with Gasteiger partial charge in [-0.1, -0.05) is 5.21 Å².